The van der Waals surface area contributed by atoms with Crippen LogP contribution >= 0.6 is 11.6 Å². The smallest absolute Gasteiger partial charge is 0.361 e. The van der Waals surface area contributed by atoms with Crippen LogP contribution in [0.2, 0.25) is 5.02 Å². The van der Waals surface area contributed by atoms with E-state index in [1.807, 2.05) is 6.92 Å². The normalized spacial score (nSPS) is 24.6. The number of hydrazine groups is 1. The number of halogens is 4. The van der Waals surface area contributed by atoms with Gasteiger partial charge in [0.05, 0.1) is 33.1 Å². The molecule has 2 fully saturated rings. The molecule has 0 bridgehead atoms. The minimum atomic E-state index is -4.55. The number of benzene rings is 1. The zero-order valence-electron chi connectivity index (χ0n) is 20.7. The number of nitrogens with zero attached hydrogens (tertiary/aromatic N) is 5. The highest BCUT2D eigenvalue weighted by atomic mass is 35.5. The Labute approximate surface area is 220 Å². The number of rotatable bonds is 4. The van der Waals surface area contributed by atoms with Gasteiger partial charge in [0.2, 0.25) is 5.43 Å². The second kappa shape index (κ2) is 8.91. The molecule has 2 aliphatic heterocycles. The zero-order valence-corrected chi connectivity index (χ0v) is 21.5. The van der Waals surface area contributed by atoms with Gasteiger partial charge in [0.25, 0.3) is 0 Å². The van der Waals surface area contributed by atoms with Crippen molar-refractivity contribution in [3.05, 3.63) is 61.5 Å². The summed E-state index contributed by atoms with van der Waals surface area (Å²) in [7, 11) is 0. The van der Waals surface area contributed by atoms with Crippen molar-refractivity contribution < 1.29 is 18.0 Å². The average Bonchev–Trinajstić information content (AvgIpc) is 3.18. The number of hydrogen-bond acceptors (Lipinski definition) is 6. The third kappa shape index (κ3) is 3.92. The van der Waals surface area contributed by atoms with Crippen LogP contribution in [0.25, 0.3) is 11.2 Å². The molecule has 2 aromatic heterocycles. The van der Waals surface area contributed by atoms with Crippen LogP contribution in [0.15, 0.2) is 29.2 Å². The monoisotopic (exact) mass is 548 g/mol. The number of nitrogens with one attached hydrogen (secondary N) is 2. The fraction of sp³-hybridized carbons (Fsp3) is 0.480. The number of pyridine rings is 1. The highest BCUT2D eigenvalue weighted by Crippen LogP contribution is 2.44. The van der Waals surface area contributed by atoms with Gasteiger partial charge < -0.3 is 10.2 Å². The van der Waals surface area contributed by atoms with Crippen LogP contribution in [0.4, 0.5) is 24.5 Å². The Morgan fingerprint density at radius 2 is 2.05 bits per heavy atom. The van der Waals surface area contributed by atoms with Crippen LogP contribution in [0.1, 0.15) is 55.2 Å². The van der Waals surface area contributed by atoms with Crippen LogP contribution in [-0.2, 0) is 6.18 Å². The lowest BCUT2D eigenvalue weighted by Crippen LogP contribution is -2.64. The first kappa shape index (κ1) is 25.1. The molecule has 4 heterocycles. The molecule has 9 nitrogen and oxygen atoms in total. The van der Waals surface area contributed by atoms with Crippen molar-refractivity contribution in [2.45, 2.75) is 63.5 Å². The van der Waals surface area contributed by atoms with Gasteiger partial charge in [-0.25, -0.2) is 9.97 Å². The average molecular weight is 549 g/mol. The molecule has 13 heteroatoms. The Balaban J connectivity index is 1.45. The largest absolute Gasteiger partial charge is 0.416 e. The second-order valence-corrected chi connectivity index (χ2v) is 10.7. The number of fused-ring (bicyclic) bond motifs is 4. The summed E-state index contributed by atoms with van der Waals surface area (Å²) in [5.74, 6) is -0.162. The standard InChI is InChI=1S/C25H26ClF3N7O2/c1-12-9-19(36(38)33-16-4-3-14(10-15(16)26)25(27,28)29)35-21(12)22(34-8-7-30-17-5-6-18(17)34)23(37)20-24(35)31-11-13(2)32-20/h3-4,10-12,17-19,30H,5-9H2,1-2H3,(H,33,38)/q+1/t12-,17+,18+,19?/m1/s1. The molecule has 2 N–H and O–H groups in total. The summed E-state index contributed by atoms with van der Waals surface area (Å²) in [6, 6.07) is 3.28. The van der Waals surface area contributed by atoms with E-state index in [2.05, 4.69) is 25.6 Å². The van der Waals surface area contributed by atoms with E-state index in [4.69, 9.17) is 11.6 Å². The number of piperazine rings is 1. The number of anilines is 2. The summed E-state index contributed by atoms with van der Waals surface area (Å²) in [5.41, 5.74) is 3.91. The van der Waals surface area contributed by atoms with Gasteiger partial charge in [-0.15, -0.1) is 5.43 Å². The lowest BCUT2D eigenvalue weighted by Gasteiger charge is -2.50. The zero-order chi connectivity index (χ0) is 26.9. The van der Waals surface area contributed by atoms with E-state index < -0.39 is 17.9 Å². The molecule has 3 aliphatic rings. The fourth-order valence-corrected chi connectivity index (χ4v) is 6.15. The molecule has 1 unspecified atom stereocenters. The van der Waals surface area contributed by atoms with Crippen molar-refractivity contribution in [2.24, 2.45) is 0 Å². The van der Waals surface area contributed by atoms with Gasteiger partial charge in [0, 0.05) is 37.5 Å². The van der Waals surface area contributed by atoms with E-state index in [0.29, 0.717) is 40.9 Å². The molecule has 0 spiro atoms. The highest BCUT2D eigenvalue weighted by Gasteiger charge is 2.47. The summed E-state index contributed by atoms with van der Waals surface area (Å²) in [6.07, 6.45) is -1.47. The maximum Gasteiger partial charge on any atom is 0.416 e. The lowest BCUT2D eigenvalue weighted by atomic mass is 9.82. The lowest BCUT2D eigenvalue weighted by molar-refractivity contribution is -0.580. The van der Waals surface area contributed by atoms with Crippen molar-refractivity contribution >= 4 is 34.1 Å². The summed E-state index contributed by atoms with van der Waals surface area (Å²) in [6.45, 7) is 5.12. The van der Waals surface area contributed by atoms with Crippen LogP contribution in [0.3, 0.4) is 0 Å². The topological polar surface area (TPSA) is 95.2 Å². The third-order valence-electron chi connectivity index (χ3n) is 7.85. The Morgan fingerprint density at radius 1 is 1.26 bits per heavy atom. The van der Waals surface area contributed by atoms with Crippen LogP contribution in [0.5, 0.6) is 0 Å². The van der Waals surface area contributed by atoms with E-state index in [9.17, 15) is 22.9 Å². The summed E-state index contributed by atoms with van der Waals surface area (Å²) < 4.78 is 41.0. The van der Waals surface area contributed by atoms with Crippen molar-refractivity contribution in [3.63, 3.8) is 0 Å². The van der Waals surface area contributed by atoms with E-state index in [1.165, 1.54) is 0 Å². The molecular weight excluding hydrogens is 523 g/mol. The predicted octanol–water partition coefficient (Wildman–Crippen LogP) is 4.52. The number of aryl methyl sites for hydroxylation is 1. The highest BCUT2D eigenvalue weighted by molar-refractivity contribution is 6.33. The predicted molar refractivity (Wildman–Crippen MR) is 136 cm³/mol. The summed E-state index contributed by atoms with van der Waals surface area (Å²) in [4.78, 5) is 39.2. The Hall–Kier alpha value is -3.25. The van der Waals surface area contributed by atoms with Crippen molar-refractivity contribution in [3.8, 4) is 0 Å². The van der Waals surface area contributed by atoms with Gasteiger partial charge >= 0.3 is 12.3 Å². The molecule has 4 atom stereocenters. The summed E-state index contributed by atoms with van der Waals surface area (Å²) in [5, 5.41) is 3.27. The second-order valence-electron chi connectivity index (χ2n) is 10.3. The molecule has 200 valence electrons. The third-order valence-corrected chi connectivity index (χ3v) is 8.16. The summed E-state index contributed by atoms with van der Waals surface area (Å²) >= 11 is 6.10. The molecule has 1 aliphatic carbocycles. The van der Waals surface area contributed by atoms with Gasteiger partial charge in [-0.2, -0.15) is 13.2 Å². The van der Waals surface area contributed by atoms with Crippen LogP contribution < -0.4 is 21.1 Å². The van der Waals surface area contributed by atoms with Gasteiger partial charge in [-0.3, -0.25) is 9.36 Å². The number of nitroso groups, excluding NO2 is 1. The minimum absolute atomic E-state index is 0.0442. The Bertz CT molecular complexity index is 1530. The molecule has 38 heavy (non-hydrogen) atoms. The fourth-order valence-electron chi connectivity index (χ4n) is 5.92. The van der Waals surface area contributed by atoms with Gasteiger partial charge in [0.15, 0.2) is 11.2 Å². The van der Waals surface area contributed by atoms with Crippen molar-refractivity contribution in [1.29, 1.82) is 0 Å². The molecule has 6 rings (SSSR count). The molecule has 3 aromatic rings. The molecule has 1 saturated heterocycles. The first-order valence-corrected chi connectivity index (χ1v) is 12.9. The Morgan fingerprint density at radius 3 is 2.74 bits per heavy atom. The quantitative estimate of drug-likeness (QED) is 0.365. The molecule has 1 saturated carbocycles. The number of hydrogen-bond donors (Lipinski definition) is 2. The van der Waals surface area contributed by atoms with E-state index in [1.54, 1.807) is 17.7 Å². The molecule has 0 amide bonds. The van der Waals surface area contributed by atoms with Crippen LogP contribution in [0, 0.1) is 11.8 Å². The maximum absolute atomic E-state index is 13.9. The van der Waals surface area contributed by atoms with Gasteiger partial charge in [-0.05, 0) is 38.0 Å². The molecular formula is C25H26ClF3N7O2+. The SMILES string of the molecule is Cc1cnc2c(n1)c(=O)c(N1CCN[C@H]3CC[C@@H]31)c1n2C([N+](=O)Nc2ccc(C(F)(F)F)cc2Cl)C[C@H]1C. The van der Waals surface area contributed by atoms with E-state index in [0.717, 1.165) is 43.3 Å². The number of alkyl halides is 3. The van der Waals surface area contributed by atoms with Crippen LogP contribution in [-0.4, -0.2) is 44.6 Å². The Kier molecular flexibility index (Phi) is 5.87. The maximum atomic E-state index is 13.9. The van der Waals surface area contributed by atoms with E-state index >= 15 is 0 Å². The molecule has 1 aromatic carbocycles. The first-order chi connectivity index (χ1) is 18.0. The van der Waals surface area contributed by atoms with Gasteiger partial charge in [-0.1, -0.05) is 18.5 Å². The first-order valence-electron chi connectivity index (χ1n) is 12.6. The van der Waals surface area contributed by atoms with Crippen molar-refractivity contribution in [2.75, 3.05) is 23.4 Å². The van der Waals surface area contributed by atoms with Gasteiger partial charge in [0.1, 0.15) is 16.2 Å². The minimum Gasteiger partial charge on any atom is -0.361 e. The van der Waals surface area contributed by atoms with Crippen molar-refractivity contribution in [1.82, 2.24) is 19.9 Å². The van der Waals surface area contributed by atoms with E-state index in [-0.39, 0.29) is 33.6 Å². The molecule has 0 radical (unpaired) electrons. The number of aromatic nitrogens is 3.